The highest BCUT2D eigenvalue weighted by atomic mass is 32.1. The molecule has 3 heterocycles. The third-order valence-electron chi connectivity index (χ3n) is 13.9. The zero-order chi connectivity index (χ0) is 46.8. The van der Waals surface area contributed by atoms with E-state index in [1.165, 1.54) is 31.1 Å². The van der Waals surface area contributed by atoms with Crippen molar-refractivity contribution in [3.8, 4) is 27.9 Å². The van der Waals surface area contributed by atoms with Crippen molar-refractivity contribution < 1.29 is 4.42 Å². The molecule has 5 heteroatoms. The Kier molecular flexibility index (Phi) is 9.68. The maximum Gasteiger partial charge on any atom is 0.145 e. The fourth-order valence-corrected chi connectivity index (χ4v) is 11.9. The Morgan fingerprint density at radius 2 is 0.915 bits per heavy atom. The van der Waals surface area contributed by atoms with Gasteiger partial charge in [0.05, 0.1) is 22.1 Å². The van der Waals surface area contributed by atoms with Crippen molar-refractivity contribution in [2.45, 2.75) is 0 Å². The van der Waals surface area contributed by atoms with Gasteiger partial charge in [0.1, 0.15) is 11.2 Å². The van der Waals surface area contributed by atoms with Crippen LogP contribution in [0, 0.1) is 0 Å². The molecule has 0 fully saturated rings. The number of hydrogen-bond donors (Lipinski definition) is 0. The first kappa shape index (κ1) is 40.9. The average molecular weight is 926 g/mol. The van der Waals surface area contributed by atoms with Crippen LogP contribution in [0.5, 0.6) is 0 Å². The lowest BCUT2D eigenvalue weighted by molar-refractivity contribution is 0.670. The largest absolute Gasteiger partial charge is 0.455 e. The van der Waals surface area contributed by atoms with Crippen LogP contribution in [0.25, 0.3) is 91.9 Å². The summed E-state index contributed by atoms with van der Waals surface area (Å²) in [6.07, 6.45) is 0. The van der Waals surface area contributed by atoms with Crippen molar-refractivity contribution in [1.82, 2.24) is 4.57 Å². The van der Waals surface area contributed by atoms with E-state index in [2.05, 4.69) is 275 Å². The monoisotopic (exact) mass is 925 g/mol. The SMILES string of the molecule is c1ccc(-c2ccc(N(c3cc(-c4cc5c6ccccc6n(-c6ccccc6)c5c5c4oc4ccccc45)cc(N(c4ccccc4)c4ccccc4)c3)c3cccc4sc5ccccc5c34)cc2)cc1. The van der Waals surface area contributed by atoms with E-state index in [0.29, 0.717) is 0 Å². The second-order valence-corrected chi connectivity index (χ2v) is 19.1. The zero-order valence-electron chi connectivity index (χ0n) is 38.5. The van der Waals surface area contributed by atoms with E-state index in [1.54, 1.807) is 0 Å². The van der Waals surface area contributed by atoms with E-state index in [9.17, 15) is 0 Å². The van der Waals surface area contributed by atoms with E-state index in [-0.39, 0.29) is 0 Å². The van der Waals surface area contributed by atoms with Gasteiger partial charge in [-0.3, -0.25) is 0 Å². The quantitative estimate of drug-likeness (QED) is 0.144. The number of furan rings is 1. The minimum atomic E-state index is 0.845. The average Bonchev–Trinajstić information content (AvgIpc) is 4.12. The number of rotatable bonds is 9. The molecular weight excluding hydrogens is 883 g/mol. The van der Waals surface area contributed by atoms with Gasteiger partial charge in [0.2, 0.25) is 0 Å². The number of hydrogen-bond acceptors (Lipinski definition) is 4. The van der Waals surface area contributed by atoms with E-state index in [0.717, 1.165) is 94.9 Å². The predicted molar refractivity (Wildman–Crippen MR) is 301 cm³/mol. The summed E-state index contributed by atoms with van der Waals surface area (Å²) in [5.41, 5.74) is 15.8. The molecule has 0 amide bonds. The van der Waals surface area contributed by atoms with Crippen LogP contribution in [0.3, 0.4) is 0 Å². The second-order valence-electron chi connectivity index (χ2n) is 18.1. The van der Waals surface area contributed by atoms with Crippen molar-refractivity contribution in [2.24, 2.45) is 0 Å². The fourth-order valence-electron chi connectivity index (χ4n) is 10.8. The molecule has 334 valence electrons. The Hall–Kier alpha value is -9.16. The van der Waals surface area contributed by atoms with E-state index in [1.807, 2.05) is 11.3 Å². The van der Waals surface area contributed by atoms with Crippen molar-refractivity contribution in [1.29, 1.82) is 0 Å². The van der Waals surface area contributed by atoms with Crippen molar-refractivity contribution in [2.75, 3.05) is 9.80 Å². The first-order chi connectivity index (χ1) is 35.2. The zero-order valence-corrected chi connectivity index (χ0v) is 39.3. The van der Waals surface area contributed by atoms with Crippen molar-refractivity contribution in [3.63, 3.8) is 0 Å². The molecule has 0 saturated heterocycles. The smallest absolute Gasteiger partial charge is 0.145 e. The van der Waals surface area contributed by atoms with Crippen LogP contribution in [-0.4, -0.2) is 4.57 Å². The highest BCUT2D eigenvalue weighted by Crippen LogP contribution is 2.50. The molecule has 4 nitrogen and oxygen atoms in total. The summed E-state index contributed by atoms with van der Waals surface area (Å²) in [5.74, 6) is 0. The lowest BCUT2D eigenvalue weighted by Gasteiger charge is -2.31. The van der Waals surface area contributed by atoms with E-state index < -0.39 is 0 Å². The van der Waals surface area contributed by atoms with Crippen LogP contribution >= 0.6 is 11.3 Å². The number of thiophene rings is 1. The van der Waals surface area contributed by atoms with Gasteiger partial charge in [-0.05, 0) is 120 Å². The summed E-state index contributed by atoms with van der Waals surface area (Å²) in [6, 6.07) is 94.1. The second kappa shape index (κ2) is 16.8. The molecule has 0 spiro atoms. The lowest BCUT2D eigenvalue weighted by Crippen LogP contribution is -2.14. The molecule has 11 aromatic carbocycles. The minimum Gasteiger partial charge on any atom is -0.455 e. The normalized spacial score (nSPS) is 11.7. The van der Waals surface area contributed by atoms with Crippen LogP contribution in [0.1, 0.15) is 0 Å². The summed E-state index contributed by atoms with van der Waals surface area (Å²) in [6.45, 7) is 0. The Labute approximate surface area is 414 Å². The van der Waals surface area contributed by atoms with Crippen molar-refractivity contribution in [3.05, 3.63) is 261 Å². The first-order valence-electron chi connectivity index (χ1n) is 24.1. The number of para-hydroxylation sites is 5. The third kappa shape index (κ3) is 6.81. The van der Waals surface area contributed by atoms with Crippen LogP contribution in [0.2, 0.25) is 0 Å². The Morgan fingerprint density at radius 1 is 0.352 bits per heavy atom. The molecule has 0 unspecified atom stereocenters. The van der Waals surface area contributed by atoms with Gasteiger partial charge in [0, 0.05) is 76.0 Å². The van der Waals surface area contributed by atoms with Gasteiger partial charge in [0.15, 0.2) is 0 Å². The lowest BCUT2D eigenvalue weighted by atomic mass is 9.96. The van der Waals surface area contributed by atoms with Gasteiger partial charge in [-0.25, -0.2) is 0 Å². The van der Waals surface area contributed by atoms with Crippen molar-refractivity contribution >= 4 is 109 Å². The van der Waals surface area contributed by atoms with E-state index >= 15 is 0 Å². The maximum absolute atomic E-state index is 7.18. The van der Waals surface area contributed by atoms with Gasteiger partial charge in [-0.2, -0.15) is 0 Å². The third-order valence-corrected chi connectivity index (χ3v) is 15.0. The molecule has 0 aliphatic heterocycles. The maximum atomic E-state index is 7.18. The number of benzene rings is 11. The molecule has 0 N–H and O–H groups in total. The summed E-state index contributed by atoms with van der Waals surface area (Å²) in [5, 5.41) is 6.98. The number of fused-ring (bicyclic) bond motifs is 10. The molecule has 0 atom stereocenters. The Bertz CT molecular complexity index is 4230. The molecule has 71 heavy (non-hydrogen) atoms. The van der Waals surface area contributed by atoms with Gasteiger partial charge in [-0.1, -0.05) is 158 Å². The summed E-state index contributed by atoms with van der Waals surface area (Å²) in [7, 11) is 0. The molecule has 0 saturated carbocycles. The van der Waals surface area contributed by atoms with Crippen LogP contribution in [0.15, 0.2) is 265 Å². The Balaban J connectivity index is 1.11. The number of aromatic nitrogens is 1. The molecule has 0 aliphatic rings. The van der Waals surface area contributed by atoms with Gasteiger partial charge < -0.3 is 18.8 Å². The van der Waals surface area contributed by atoms with Crippen LogP contribution < -0.4 is 9.80 Å². The molecule has 3 aromatic heterocycles. The Morgan fingerprint density at radius 3 is 1.65 bits per heavy atom. The van der Waals surface area contributed by atoms with Gasteiger partial charge in [0.25, 0.3) is 0 Å². The molecule has 0 aliphatic carbocycles. The molecule has 14 aromatic rings. The summed E-state index contributed by atoms with van der Waals surface area (Å²) in [4.78, 5) is 4.84. The van der Waals surface area contributed by atoms with Crippen LogP contribution in [-0.2, 0) is 0 Å². The highest BCUT2D eigenvalue weighted by molar-refractivity contribution is 7.26. The molecule has 0 bridgehead atoms. The predicted octanol–water partition coefficient (Wildman–Crippen LogP) is 19.3. The van der Waals surface area contributed by atoms with E-state index in [4.69, 9.17) is 4.42 Å². The molecule has 0 radical (unpaired) electrons. The topological polar surface area (TPSA) is 24.6 Å². The van der Waals surface area contributed by atoms with Crippen LogP contribution in [0.4, 0.5) is 34.1 Å². The number of anilines is 6. The number of nitrogens with zero attached hydrogens (tertiary/aromatic N) is 3. The first-order valence-corrected chi connectivity index (χ1v) is 24.9. The summed E-state index contributed by atoms with van der Waals surface area (Å²) >= 11 is 1.84. The summed E-state index contributed by atoms with van der Waals surface area (Å²) < 4.78 is 12.1. The van der Waals surface area contributed by atoms with Gasteiger partial charge >= 0.3 is 0 Å². The van der Waals surface area contributed by atoms with Gasteiger partial charge in [-0.15, -0.1) is 11.3 Å². The fraction of sp³-hybridized carbons (Fsp3) is 0. The highest BCUT2D eigenvalue weighted by Gasteiger charge is 2.26. The minimum absolute atomic E-state index is 0.845. The molecular formula is C66H43N3OS. The standard InChI is InChI=1S/C66H43N3OS/c1-5-20-44(21-6-1)45-36-38-50(39-37-45)68(59-32-19-35-62-63(59)55-30-15-18-34-61(55)71-62)52-41-46(40-51(42-52)67(47-22-7-2-8-23-47)48-24-9-3-10-25-48)56-43-57-53-28-13-16-31-58(53)69(49-26-11-4-12-27-49)65(57)64-54-29-14-17-33-60(54)70-66(56)64/h1-43H. The molecule has 14 rings (SSSR count).